The highest BCUT2D eigenvalue weighted by atomic mass is 16.5. The molecule has 0 bridgehead atoms. The molecule has 120 valence electrons. The summed E-state index contributed by atoms with van der Waals surface area (Å²) in [6.45, 7) is 1.31. The van der Waals surface area contributed by atoms with E-state index in [-0.39, 0.29) is 12.5 Å². The van der Waals surface area contributed by atoms with Crippen LogP contribution in [0.4, 0.5) is 5.82 Å². The molecule has 3 rings (SSSR count). The van der Waals surface area contributed by atoms with Crippen LogP contribution in [0, 0.1) is 0 Å². The number of ether oxygens (including phenoxy) is 1. The lowest BCUT2D eigenvalue weighted by molar-refractivity contribution is -0.137. The summed E-state index contributed by atoms with van der Waals surface area (Å²) in [4.78, 5) is 17.6. The lowest BCUT2D eigenvalue weighted by Gasteiger charge is -2.24. The highest BCUT2D eigenvalue weighted by Crippen LogP contribution is 2.27. The molecule has 1 saturated heterocycles. The van der Waals surface area contributed by atoms with Gasteiger partial charge in [0.2, 0.25) is 5.88 Å². The Balaban J connectivity index is 1.68. The Labute approximate surface area is 135 Å². The van der Waals surface area contributed by atoms with E-state index in [9.17, 15) is 4.79 Å². The van der Waals surface area contributed by atoms with Gasteiger partial charge in [-0.25, -0.2) is 0 Å². The summed E-state index contributed by atoms with van der Waals surface area (Å²) in [5, 5.41) is 9.03. The molecule has 0 radical (unpaired) electrons. The maximum absolute atomic E-state index is 11.0. The molecule has 1 aliphatic heterocycles. The van der Waals surface area contributed by atoms with Crippen LogP contribution in [0.25, 0.3) is 0 Å². The number of carbonyl (C=O) groups is 1. The highest BCUT2D eigenvalue weighted by Gasteiger charge is 2.27. The van der Waals surface area contributed by atoms with Crippen molar-refractivity contribution < 1.29 is 14.6 Å². The summed E-state index contributed by atoms with van der Waals surface area (Å²) in [5.74, 6) is 0.588. The van der Waals surface area contributed by atoms with Gasteiger partial charge in [0.1, 0.15) is 12.4 Å². The molecule has 1 aromatic carbocycles. The predicted octanol–water partition coefficient (Wildman–Crippen LogP) is 3.10. The molecule has 23 heavy (non-hydrogen) atoms. The number of carboxylic acids is 1. The van der Waals surface area contributed by atoms with Gasteiger partial charge in [-0.1, -0.05) is 36.4 Å². The minimum absolute atomic E-state index is 0.0179. The maximum Gasteiger partial charge on any atom is 0.305 e. The number of benzene rings is 1. The summed E-state index contributed by atoms with van der Waals surface area (Å²) < 4.78 is 5.75. The molecule has 1 aromatic heterocycles. The van der Waals surface area contributed by atoms with Gasteiger partial charge < -0.3 is 14.7 Å². The molecule has 1 aliphatic rings. The van der Waals surface area contributed by atoms with E-state index < -0.39 is 5.97 Å². The molecular formula is C18H20N2O3. The Morgan fingerprint density at radius 1 is 1.22 bits per heavy atom. The second kappa shape index (κ2) is 7.13. The number of aliphatic carboxylic acids is 1. The molecule has 0 aliphatic carbocycles. The van der Waals surface area contributed by atoms with Crippen LogP contribution in [0.5, 0.6) is 5.88 Å². The quantitative estimate of drug-likeness (QED) is 0.888. The molecule has 1 atom stereocenters. The fourth-order valence-corrected chi connectivity index (χ4v) is 2.93. The van der Waals surface area contributed by atoms with Crippen LogP contribution >= 0.6 is 0 Å². The van der Waals surface area contributed by atoms with Crippen molar-refractivity contribution in [2.45, 2.75) is 31.9 Å². The summed E-state index contributed by atoms with van der Waals surface area (Å²) in [5.41, 5.74) is 1.09. The van der Waals surface area contributed by atoms with E-state index in [4.69, 9.17) is 9.84 Å². The van der Waals surface area contributed by atoms with Crippen molar-refractivity contribution in [2.24, 2.45) is 0 Å². The lowest BCUT2D eigenvalue weighted by Crippen LogP contribution is -2.31. The lowest BCUT2D eigenvalue weighted by atomic mass is 10.1. The number of rotatable bonds is 6. The third kappa shape index (κ3) is 4.00. The predicted molar refractivity (Wildman–Crippen MR) is 87.6 cm³/mol. The average Bonchev–Trinajstić information content (AvgIpc) is 3.01. The number of carboxylic acid groups (broad SMARTS) is 1. The third-order valence-corrected chi connectivity index (χ3v) is 4.02. The monoisotopic (exact) mass is 312 g/mol. The molecule has 2 heterocycles. The van der Waals surface area contributed by atoms with Crippen LogP contribution in [0.15, 0.2) is 48.5 Å². The minimum Gasteiger partial charge on any atom is -0.481 e. The van der Waals surface area contributed by atoms with Crippen LogP contribution < -0.4 is 9.64 Å². The van der Waals surface area contributed by atoms with E-state index in [1.807, 2.05) is 48.5 Å². The number of nitrogens with zero attached hydrogens (tertiary/aromatic N) is 2. The van der Waals surface area contributed by atoms with Crippen molar-refractivity contribution in [1.82, 2.24) is 4.98 Å². The van der Waals surface area contributed by atoms with Gasteiger partial charge in [-0.3, -0.25) is 4.79 Å². The van der Waals surface area contributed by atoms with Gasteiger partial charge in [-0.2, -0.15) is 4.98 Å². The molecule has 0 saturated carbocycles. The SMILES string of the molecule is O=C(O)CC1CCCN1c1cccc(OCc2ccccc2)n1. The summed E-state index contributed by atoms with van der Waals surface area (Å²) in [6.07, 6.45) is 2.04. The van der Waals surface area contributed by atoms with E-state index in [0.29, 0.717) is 12.5 Å². The second-order valence-electron chi connectivity index (χ2n) is 5.70. The molecule has 5 heteroatoms. The van der Waals surface area contributed by atoms with Crippen LogP contribution in [0.2, 0.25) is 0 Å². The van der Waals surface area contributed by atoms with E-state index in [0.717, 1.165) is 30.8 Å². The van der Waals surface area contributed by atoms with Crippen molar-refractivity contribution >= 4 is 11.8 Å². The van der Waals surface area contributed by atoms with Gasteiger partial charge in [0.15, 0.2) is 0 Å². The fourth-order valence-electron chi connectivity index (χ4n) is 2.93. The Morgan fingerprint density at radius 2 is 2.04 bits per heavy atom. The zero-order valence-corrected chi connectivity index (χ0v) is 12.9. The van der Waals surface area contributed by atoms with Gasteiger partial charge >= 0.3 is 5.97 Å². The summed E-state index contributed by atoms with van der Waals surface area (Å²) >= 11 is 0. The first kappa shape index (κ1) is 15.3. The molecule has 0 amide bonds. The largest absolute Gasteiger partial charge is 0.481 e. The summed E-state index contributed by atoms with van der Waals surface area (Å²) in [6, 6.07) is 15.6. The van der Waals surface area contributed by atoms with Gasteiger partial charge in [-0.05, 0) is 24.5 Å². The standard InChI is InChI=1S/C18H20N2O3/c21-18(22)12-15-8-5-11-20(15)16-9-4-10-17(19-16)23-13-14-6-2-1-3-7-14/h1-4,6-7,9-10,15H,5,8,11-13H2,(H,21,22). The van der Waals surface area contributed by atoms with Gasteiger partial charge in [0, 0.05) is 18.7 Å². The van der Waals surface area contributed by atoms with Crippen molar-refractivity contribution in [2.75, 3.05) is 11.4 Å². The Kier molecular flexibility index (Phi) is 4.76. The first-order valence-electron chi connectivity index (χ1n) is 7.84. The topological polar surface area (TPSA) is 62.7 Å². The van der Waals surface area contributed by atoms with E-state index >= 15 is 0 Å². The molecule has 1 unspecified atom stereocenters. The first-order chi connectivity index (χ1) is 11.2. The molecule has 1 N–H and O–H groups in total. The number of hydrogen-bond acceptors (Lipinski definition) is 4. The van der Waals surface area contributed by atoms with Crippen molar-refractivity contribution in [3.8, 4) is 5.88 Å². The molecule has 2 aromatic rings. The minimum atomic E-state index is -0.765. The van der Waals surface area contributed by atoms with Crippen LogP contribution in [-0.4, -0.2) is 28.6 Å². The van der Waals surface area contributed by atoms with Crippen LogP contribution in [0.3, 0.4) is 0 Å². The molecule has 1 fully saturated rings. The van der Waals surface area contributed by atoms with Crippen molar-refractivity contribution in [3.63, 3.8) is 0 Å². The second-order valence-corrected chi connectivity index (χ2v) is 5.70. The van der Waals surface area contributed by atoms with Gasteiger partial charge in [-0.15, -0.1) is 0 Å². The summed E-state index contributed by atoms with van der Waals surface area (Å²) in [7, 11) is 0. The fraction of sp³-hybridized carbons (Fsp3) is 0.333. The zero-order chi connectivity index (χ0) is 16.1. The first-order valence-corrected chi connectivity index (χ1v) is 7.84. The van der Waals surface area contributed by atoms with Gasteiger partial charge in [0.05, 0.1) is 6.42 Å². The van der Waals surface area contributed by atoms with Gasteiger partial charge in [0.25, 0.3) is 0 Å². The zero-order valence-electron chi connectivity index (χ0n) is 12.9. The van der Waals surface area contributed by atoms with Crippen LogP contribution in [-0.2, 0) is 11.4 Å². The number of hydrogen-bond donors (Lipinski definition) is 1. The van der Waals surface area contributed by atoms with Crippen molar-refractivity contribution in [3.05, 3.63) is 54.1 Å². The normalized spacial score (nSPS) is 17.2. The molecule has 5 nitrogen and oxygen atoms in total. The number of anilines is 1. The van der Waals surface area contributed by atoms with E-state index in [1.54, 1.807) is 0 Å². The Hall–Kier alpha value is -2.56. The smallest absolute Gasteiger partial charge is 0.305 e. The highest BCUT2D eigenvalue weighted by molar-refractivity contribution is 5.68. The Bertz CT molecular complexity index is 660. The average molecular weight is 312 g/mol. The molecule has 0 spiro atoms. The van der Waals surface area contributed by atoms with Crippen molar-refractivity contribution in [1.29, 1.82) is 0 Å². The maximum atomic E-state index is 11.0. The third-order valence-electron chi connectivity index (χ3n) is 4.02. The van der Waals surface area contributed by atoms with Crippen LogP contribution in [0.1, 0.15) is 24.8 Å². The number of aromatic nitrogens is 1. The van der Waals surface area contributed by atoms with E-state index in [1.165, 1.54) is 0 Å². The Morgan fingerprint density at radius 3 is 2.83 bits per heavy atom. The number of pyridine rings is 1. The van der Waals surface area contributed by atoms with E-state index in [2.05, 4.69) is 9.88 Å². The molecular weight excluding hydrogens is 292 g/mol.